The Morgan fingerprint density at radius 3 is 1.87 bits per heavy atom. The van der Waals surface area contributed by atoms with Gasteiger partial charge < -0.3 is 9.29 Å². The standard InChI is InChI=1S/C7H6F3NO3S.C6H7NO/c1-5-2-3-6(4-11-5)14-15(12,13)7(8,9)10;1-5-2-3-6(8)4-7-5/h2-4H,1H3;2-4,8H,1H3. The van der Waals surface area contributed by atoms with Crippen molar-refractivity contribution < 1.29 is 30.9 Å². The van der Waals surface area contributed by atoms with E-state index in [1.54, 1.807) is 19.1 Å². The molecule has 0 bridgehead atoms. The van der Waals surface area contributed by atoms with Crippen LogP contribution in [0, 0.1) is 13.8 Å². The van der Waals surface area contributed by atoms with E-state index in [0.29, 0.717) is 5.69 Å². The van der Waals surface area contributed by atoms with Gasteiger partial charge in [-0.15, -0.1) is 0 Å². The highest BCUT2D eigenvalue weighted by atomic mass is 32.2. The largest absolute Gasteiger partial charge is 0.534 e. The monoisotopic (exact) mass is 350 g/mol. The van der Waals surface area contributed by atoms with Gasteiger partial charge in [0.25, 0.3) is 0 Å². The fourth-order valence-electron chi connectivity index (χ4n) is 1.14. The lowest BCUT2D eigenvalue weighted by atomic mass is 10.4. The molecule has 0 amide bonds. The topological polar surface area (TPSA) is 89.4 Å². The van der Waals surface area contributed by atoms with Crippen LogP contribution in [-0.2, 0) is 10.1 Å². The van der Waals surface area contributed by atoms with Gasteiger partial charge in [-0.25, -0.2) is 0 Å². The van der Waals surface area contributed by atoms with Crippen molar-refractivity contribution in [2.75, 3.05) is 0 Å². The van der Waals surface area contributed by atoms with E-state index in [1.165, 1.54) is 12.3 Å². The van der Waals surface area contributed by atoms with Crippen molar-refractivity contribution in [3.8, 4) is 11.5 Å². The Labute approximate surface area is 130 Å². The van der Waals surface area contributed by atoms with Gasteiger partial charge in [-0.3, -0.25) is 9.97 Å². The maximum absolute atomic E-state index is 11.9. The molecule has 0 spiro atoms. The van der Waals surface area contributed by atoms with Crippen LogP contribution in [0.5, 0.6) is 11.5 Å². The third kappa shape index (κ3) is 6.10. The number of pyridine rings is 2. The second-order valence-corrected chi connectivity index (χ2v) is 5.81. The number of halogens is 3. The van der Waals surface area contributed by atoms with Crippen LogP contribution in [0.1, 0.15) is 11.4 Å². The molecule has 0 aliphatic heterocycles. The number of alkyl halides is 3. The van der Waals surface area contributed by atoms with Crippen LogP contribution < -0.4 is 4.18 Å². The molecule has 0 atom stereocenters. The summed E-state index contributed by atoms with van der Waals surface area (Å²) >= 11 is 0. The van der Waals surface area contributed by atoms with Gasteiger partial charge in [0.05, 0.1) is 12.4 Å². The highest BCUT2D eigenvalue weighted by Crippen LogP contribution is 2.26. The van der Waals surface area contributed by atoms with E-state index < -0.39 is 21.4 Å². The molecule has 0 aliphatic rings. The van der Waals surface area contributed by atoms with Crippen molar-refractivity contribution in [2.24, 2.45) is 0 Å². The fourth-order valence-corrected chi connectivity index (χ4v) is 1.58. The summed E-state index contributed by atoms with van der Waals surface area (Å²) in [6, 6.07) is 5.80. The van der Waals surface area contributed by atoms with Gasteiger partial charge in [-0.2, -0.15) is 21.6 Å². The first kappa shape index (κ1) is 18.7. The van der Waals surface area contributed by atoms with E-state index in [4.69, 9.17) is 5.11 Å². The Hall–Kier alpha value is -2.36. The predicted octanol–water partition coefficient (Wildman–Crippen LogP) is 2.71. The molecule has 2 aromatic heterocycles. The van der Waals surface area contributed by atoms with Crippen LogP contribution in [0.4, 0.5) is 13.2 Å². The summed E-state index contributed by atoms with van der Waals surface area (Å²) in [5, 5.41) is 8.69. The Kier molecular flexibility index (Phi) is 5.91. The first-order valence-corrected chi connectivity index (χ1v) is 7.47. The number of hydrogen-bond donors (Lipinski definition) is 1. The van der Waals surface area contributed by atoms with E-state index in [0.717, 1.165) is 18.0 Å². The summed E-state index contributed by atoms with van der Waals surface area (Å²) in [4.78, 5) is 7.42. The second kappa shape index (κ2) is 7.27. The van der Waals surface area contributed by atoms with Gasteiger partial charge >= 0.3 is 15.6 Å². The molecule has 0 saturated carbocycles. The zero-order valence-electron chi connectivity index (χ0n) is 12.1. The Balaban J connectivity index is 0.000000277. The number of aromatic nitrogens is 2. The van der Waals surface area contributed by atoms with Gasteiger partial charge in [0.15, 0.2) is 5.75 Å². The number of rotatable bonds is 2. The Morgan fingerprint density at radius 2 is 1.52 bits per heavy atom. The van der Waals surface area contributed by atoms with Crippen molar-refractivity contribution in [3.05, 3.63) is 48.0 Å². The molecule has 126 valence electrons. The van der Waals surface area contributed by atoms with Gasteiger partial charge in [-0.1, -0.05) is 0 Å². The Morgan fingerprint density at radius 1 is 1.00 bits per heavy atom. The van der Waals surface area contributed by atoms with E-state index in [1.807, 2.05) is 6.92 Å². The zero-order chi connectivity index (χ0) is 17.7. The average molecular weight is 350 g/mol. The molecule has 0 aromatic carbocycles. The Bertz CT molecular complexity index is 708. The summed E-state index contributed by atoms with van der Waals surface area (Å²) in [6.45, 7) is 3.47. The van der Waals surface area contributed by atoms with Crippen LogP contribution in [0.2, 0.25) is 0 Å². The first-order chi connectivity index (χ1) is 10.5. The van der Waals surface area contributed by atoms with Crippen molar-refractivity contribution in [1.29, 1.82) is 0 Å². The number of aromatic hydroxyl groups is 1. The molecule has 0 fully saturated rings. The number of aryl methyl sites for hydroxylation is 2. The zero-order valence-corrected chi connectivity index (χ0v) is 12.9. The van der Waals surface area contributed by atoms with Gasteiger partial charge in [0, 0.05) is 11.4 Å². The molecule has 0 radical (unpaired) electrons. The molecular formula is C13H13F3N2O4S. The van der Waals surface area contributed by atoms with Crippen LogP contribution in [0.3, 0.4) is 0 Å². The van der Waals surface area contributed by atoms with Crippen LogP contribution >= 0.6 is 0 Å². The summed E-state index contributed by atoms with van der Waals surface area (Å²) in [5.74, 6) is -0.256. The average Bonchev–Trinajstić information content (AvgIpc) is 2.44. The van der Waals surface area contributed by atoms with Crippen LogP contribution in [0.25, 0.3) is 0 Å². The molecule has 2 rings (SSSR count). The normalized spacial score (nSPS) is 11.3. The van der Waals surface area contributed by atoms with Crippen LogP contribution in [0.15, 0.2) is 36.7 Å². The lowest BCUT2D eigenvalue weighted by Gasteiger charge is -2.08. The summed E-state index contributed by atoms with van der Waals surface area (Å²) in [5.41, 5.74) is -3.98. The smallest absolute Gasteiger partial charge is 0.506 e. The van der Waals surface area contributed by atoms with Gasteiger partial charge in [-0.05, 0) is 38.1 Å². The van der Waals surface area contributed by atoms with Crippen molar-refractivity contribution in [1.82, 2.24) is 9.97 Å². The van der Waals surface area contributed by atoms with Gasteiger partial charge in [0.1, 0.15) is 5.75 Å². The van der Waals surface area contributed by atoms with E-state index in [-0.39, 0.29) is 5.75 Å². The van der Waals surface area contributed by atoms with E-state index in [2.05, 4.69) is 14.2 Å². The molecule has 23 heavy (non-hydrogen) atoms. The summed E-state index contributed by atoms with van der Waals surface area (Å²) in [6.07, 6.45) is 2.33. The number of hydrogen-bond acceptors (Lipinski definition) is 6. The maximum atomic E-state index is 11.9. The molecule has 0 saturated heterocycles. The molecule has 1 N–H and O–H groups in total. The minimum Gasteiger partial charge on any atom is -0.506 e. The fraction of sp³-hybridized carbons (Fsp3) is 0.231. The predicted molar refractivity (Wildman–Crippen MR) is 75.2 cm³/mol. The van der Waals surface area contributed by atoms with Crippen molar-refractivity contribution in [2.45, 2.75) is 19.4 Å². The van der Waals surface area contributed by atoms with Crippen LogP contribution in [-0.4, -0.2) is 29.0 Å². The minimum atomic E-state index is -5.60. The third-order valence-electron chi connectivity index (χ3n) is 2.27. The quantitative estimate of drug-likeness (QED) is 0.662. The maximum Gasteiger partial charge on any atom is 0.534 e. The molecule has 10 heteroatoms. The molecular weight excluding hydrogens is 337 g/mol. The van der Waals surface area contributed by atoms with E-state index in [9.17, 15) is 21.6 Å². The number of nitrogens with zero attached hydrogens (tertiary/aromatic N) is 2. The first-order valence-electron chi connectivity index (χ1n) is 6.06. The lowest BCUT2D eigenvalue weighted by molar-refractivity contribution is -0.0500. The summed E-state index contributed by atoms with van der Waals surface area (Å²) < 4.78 is 60.5. The highest BCUT2D eigenvalue weighted by Gasteiger charge is 2.48. The van der Waals surface area contributed by atoms with Crippen molar-refractivity contribution >= 4 is 10.1 Å². The molecule has 2 heterocycles. The van der Waals surface area contributed by atoms with Crippen molar-refractivity contribution in [3.63, 3.8) is 0 Å². The second-order valence-electron chi connectivity index (χ2n) is 4.28. The third-order valence-corrected chi connectivity index (χ3v) is 3.25. The molecule has 6 nitrogen and oxygen atoms in total. The SMILES string of the molecule is Cc1ccc(O)cn1.Cc1ccc(OS(=O)(=O)C(F)(F)F)cn1. The van der Waals surface area contributed by atoms with Gasteiger partial charge in [0.2, 0.25) is 0 Å². The molecule has 0 unspecified atom stereocenters. The molecule has 0 aliphatic carbocycles. The highest BCUT2D eigenvalue weighted by molar-refractivity contribution is 7.87. The minimum absolute atomic E-state index is 0.218. The summed E-state index contributed by atoms with van der Waals surface area (Å²) in [7, 11) is -5.60. The van der Waals surface area contributed by atoms with E-state index >= 15 is 0 Å². The molecule has 2 aromatic rings. The lowest BCUT2D eigenvalue weighted by Crippen LogP contribution is -2.28.